The SMILES string of the molecule is CC(=O)O.CC(=O)O.CCCCCCC. The lowest BCUT2D eigenvalue weighted by molar-refractivity contribution is -0.135. The van der Waals surface area contributed by atoms with Gasteiger partial charge in [-0.1, -0.05) is 46.0 Å². The van der Waals surface area contributed by atoms with Crippen molar-refractivity contribution in [3.63, 3.8) is 0 Å². The van der Waals surface area contributed by atoms with E-state index in [0.717, 1.165) is 13.8 Å². The van der Waals surface area contributed by atoms with Crippen LogP contribution in [0.2, 0.25) is 0 Å². The number of rotatable bonds is 4. The van der Waals surface area contributed by atoms with Gasteiger partial charge in [0.15, 0.2) is 0 Å². The van der Waals surface area contributed by atoms with E-state index in [-0.39, 0.29) is 0 Å². The number of carbonyl (C=O) groups is 2. The van der Waals surface area contributed by atoms with Gasteiger partial charge in [0.25, 0.3) is 11.9 Å². The average molecular weight is 220 g/mol. The normalized spacial score (nSPS) is 7.73. The van der Waals surface area contributed by atoms with Crippen molar-refractivity contribution in [1.29, 1.82) is 0 Å². The van der Waals surface area contributed by atoms with Crippen LogP contribution in [0.1, 0.15) is 59.8 Å². The maximum atomic E-state index is 9.00. The first-order valence-electron chi connectivity index (χ1n) is 5.27. The fraction of sp³-hybridized carbons (Fsp3) is 0.818. The standard InChI is InChI=1S/C7H16.2C2H4O2/c1-3-5-7-6-4-2;2*1-2(3)4/h3-7H2,1-2H3;2*1H3,(H,3,4). The summed E-state index contributed by atoms with van der Waals surface area (Å²) in [4.78, 5) is 18.0. The van der Waals surface area contributed by atoms with Crippen molar-refractivity contribution in [3.05, 3.63) is 0 Å². The fourth-order valence-corrected chi connectivity index (χ4v) is 0.677. The summed E-state index contributed by atoms with van der Waals surface area (Å²) >= 11 is 0. The topological polar surface area (TPSA) is 74.6 Å². The molecule has 15 heavy (non-hydrogen) atoms. The highest BCUT2D eigenvalue weighted by atomic mass is 16.4. The molecule has 0 bridgehead atoms. The van der Waals surface area contributed by atoms with E-state index in [1.54, 1.807) is 0 Å². The van der Waals surface area contributed by atoms with Gasteiger partial charge in [-0.2, -0.15) is 0 Å². The van der Waals surface area contributed by atoms with Crippen LogP contribution in [0.4, 0.5) is 0 Å². The molecule has 0 aliphatic rings. The molecule has 0 atom stereocenters. The molecule has 0 aromatic carbocycles. The fourth-order valence-electron chi connectivity index (χ4n) is 0.677. The molecule has 0 spiro atoms. The molecule has 0 aromatic heterocycles. The van der Waals surface area contributed by atoms with E-state index in [2.05, 4.69) is 13.8 Å². The third-order valence-corrected chi connectivity index (χ3v) is 1.21. The predicted octanol–water partition coefficient (Wildman–Crippen LogP) is 3.16. The lowest BCUT2D eigenvalue weighted by Crippen LogP contribution is -1.78. The molecule has 92 valence electrons. The maximum absolute atomic E-state index is 9.00. The molecule has 0 fully saturated rings. The van der Waals surface area contributed by atoms with Gasteiger partial charge < -0.3 is 10.2 Å². The van der Waals surface area contributed by atoms with Crippen molar-refractivity contribution in [2.24, 2.45) is 0 Å². The summed E-state index contributed by atoms with van der Waals surface area (Å²) in [6, 6.07) is 0. The molecule has 0 heterocycles. The molecule has 0 amide bonds. The molecule has 0 saturated carbocycles. The van der Waals surface area contributed by atoms with E-state index in [1.807, 2.05) is 0 Å². The lowest BCUT2D eigenvalue weighted by atomic mass is 10.2. The molecule has 4 nitrogen and oxygen atoms in total. The van der Waals surface area contributed by atoms with E-state index in [9.17, 15) is 0 Å². The molecule has 0 aromatic rings. The highest BCUT2D eigenvalue weighted by Crippen LogP contribution is 2.00. The van der Waals surface area contributed by atoms with Crippen LogP contribution in [-0.4, -0.2) is 22.2 Å². The lowest BCUT2D eigenvalue weighted by Gasteiger charge is -1.90. The first-order valence-corrected chi connectivity index (χ1v) is 5.27. The number of unbranched alkanes of at least 4 members (excludes halogenated alkanes) is 4. The Morgan fingerprint density at radius 3 is 1.13 bits per heavy atom. The molecule has 0 radical (unpaired) electrons. The zero-order valence-corrected chi connectivity index (χ0v) is 10.2. The maximum Gasteiger partial charge on any atom is 0.300 e. The Morgan fingerprint density at radius 2 is 1.00 bits per heavy atom. The summed E-state index contributed by atoms with van der Waals surface area (Å²) in [5.74, 6) is -1.67. The monoisotopic (exact) mass is 220 g/mol. The van der Waals surface area contributed by atoms with Crippen LogP contribution in [0.25, 0.3) is 0 Å². The Balaban J connectivity index is -0.000000155. The molecule has 0 aliphatic carbocycles. The third kappa shape index (κ3) is 179. The molecular formula is C11H24O4. The van der Waals surface area contributed by atoms with Gasteiger partial charge >= 0.3 is 0 Å². The van der Waals surface area contributed by atoms with Gasteiger partial charge in [-0.25, -0.2) is 0 Å². The minimum atomic E-state index is -0.833. The second-order valence-corrected chi connectivity index (χ2v) is 3.10. The summed E-state index contributed by atoms with van der Waals surface area (Å²) in [6.45, 7) is 6.66. The highest BCUT2D eigenvalue weighted by molar-refractivity contribution is 5.63. The Bertz CT molecular complexity index is 120. The molecular weight excluding hydrogens is 196 g/mol. The average Bonchev–Trinajstić information content (AvgIpc) is 2.03. The molecule has 0 unspecified atom stereocenters. The summed E-state index contributed by atoms with van der Waals surface area (Å²) in [5, 5.41) is 14.8. The molecule has 0 saturated heterocycles. The van der Waals surface area contributed by atoms with E-state index in [1.165, 1.54) is 32.1 Å². The van der Waals surface area contributed by atoms with Crippen molar-refractivity contribution >= 4 is 11.9 Å². The Morgan fingerprint density at radius 1 is 0.800 bits per heavy atom. The Kier molecular flexibility index (Phi) is 24.3. The van der Waals surface area contributed by atoms with Gasteiger partial charge in [0.1, 0.15) is 0 Å². The smallest absolute Gasteiger partial charge is 0.300 e. The molecule has 4 heteroatoms. The van der Waals surface area contributed by atoms with Crippen molar-refractivity contribution in [3.8, 4) is 0 Å². The van der Waals surface area contributed by atoms with Crippen LogP contribution in [0.5, 0.6) is 0 Å². The van der Waals surface area contributed by atoms with Crippen molar-refractivity contribution in [2.75, 3.05) is 0 Å². The van der Waals surface area contributed by atoms with Crippen molar-refractivity contribution in [1.82, 2.24) is 0 Å². The molecule has 0 rings (SSSR count). The van der Waals surface area contributed by atoms with Crippen LogP contribution in [0, 0.1) is 0 Å². The van der Waals surface area contributed by atoms with Crippen LogP contribution in [0.3, 0.4) is 0 Å². The van der Waals surface area contributed by atoms with Crippen LogP contribution in [0.15, 0.2) is 0 Å². The quantitative estimate of drug-likeness (QED) is 0.713. The Labute approximate surface area is 92.3 Å². The summed E-state index contributed by atoms with van der Waals surface area (Å²) in [6.07, 6.45) is 7.01. The number of carboxylic acid groups (broad SMARTS) is 2. The first-order chi connectivity index (χ1) is 6.88. The minimum absolute atomic E-state index is 0.833. The van der Waals surface area contributed by atoms with E-state index >= 15 is 0 Å². The predicted molar refractivity (Wildman–Crippen MR) is 61.1 cm³/mol. The van der Waals surface area contributed by atoms with E-state index in [4.69, 9.17) is 19.8 Å². The summed E-state index contributed by atoms with van der Waals surface area (Å²) in [5.41, 5.74) is 0. The van der Waals surface area contributed by atoms with Crippen LogP contribution < -0.4 is 0 Å². The second-order valence-electron chi connectivity index (χ2n) is 3.10. The summed E-state index contributed by atoms with van der Waals surface area (Å²) in [7, 11) is 0. The van der Waals surface area contributed by atoms with Gasteiger partial charge in [-0.3, -0.25) is 9.59 Å². The van der Waals surface area contributed by atoms with Gasteiger partial charge in [-0.15, -0.1) is 0 Å². The van der Waals surface area contributed by atoms with Crippen molar-refractivity contribution in [2.45, 2.75) is 59.8 Å². The number of hydrogen-bond donors (Lipinski definition) is 2. The van der Waals surface area contributed by atoms with E-state index < -0.39 is 11.9 Å². The Hall–Kier alpha value is -1.06. The highest BCUT2D eigenvalue weighted by Gasteiger charge is 1.80. The largest absolute Gasteiger partial charge is 0.481 e. The van der Waals surface area contributed by atoms with Crippen LogP contribution in [-0.2, 0) is 9.59 Å². The van der Waals surface area contributed by atoms with Gasteiger partial charge in [0.05, 0.1) is 0 Å². The third-order valence-electron chi connectivity index (χ3n) is 1.21. The number of carboxylic acids is 2. The van der Waals surface area contributed by atoms with Gasteiger partial charge in [-0.05, 0) is 0 Å². The zero-order chi connectivity index (χ0) is 12.7. The minimum Gasteiger partial charge on any atom is -0.481 e. The molecule has 2 N–H and O–H groups in total. The number of aliphatic carboxylic acids is 2. The van der Waals surface area contributed by atoms with Gasteiger partial charge in [0.2, 0.25) is 0 Å². The first kappa shape index (κ1) is 19.5. The second kappa shape index (κ2) is 18.7. The number of hydrogen-bond acceptors (Lipinski definition) is 2. The molecule has 0 aliphatic heterocycles. The summed E-state index contributed by atoms with van der Waals surface area (Å²) < 4.78 is 0. The van der Waals surface area contributed by atoms with Crippen LogP contribution >= 0.6 is 0 Å². The van der Waals surface area contributed by atoms with Gasteiger partial charge in [0, 0.05) is 13.8 Å². The zero-order valence-electron chi connectivity index (χ0n) is 10.2. The van der Waals surface area contributed by atoms with E-state index in [0.29, 0.717) is 0 Å². The van der Waals surface area contributed by atoms with Crippen molar-refractivity contribution < 1.29 is 19.8 Å².